The molecule has 0 saturated heterocycles. The molecule has 0 aromatic heterocycles. The van der Waals surface area contributed by atoms with Crippen LogP contribution in [0.1, 0.15) is 142 Å². The van der Waals surface area contributed by atoms with Gasteiger partial charge in [-0.2, -0.15) is 0 Å². The van der Waals surface area contributed by atoms with Crippen molar-refractivity contribution in [3.05, 3.63) is 72.9 Å². The van der Waals surface area contributed by atoms with Crippen molar-refractivity contribution in [2.75, 3.05) is 19.8 Å². The maximum Gasteiger partial charge on any atom is 0.472 e. The first kappa shape index (κ1) is 54.6. The van der Waals surface area contributed by atoms with Crippen LogP contribution in [0.3, 0.4) is 0 Å². The van der Waals surface area contributed by atoms with E-state index in [-0.39, 0.29) is 30.5 Å². The molecule has 0 radical (unpaired) electrons. The van der Waals surface area contributed by atoms with Crippen molar-refractivity contribution >= 4 is 31.5 Å². The minimum absolute atomic E-state index is 0.00551. The van der Waals surface area contributed by atoms with Gasteiger partial charge in [0.1, 0.15) is 12.6 Å². The number of aliphatic carboxylic acids is 1. The lowest BCUT2D eigenvalue weighted by molar-refractivity contribution is -0.161. The van der Waals surface area contributed by atoms with Crippen LogP contribution in [0.25, 0.3) is 0 Å². The molecule has 0 amide bonds. The van der Waals surface area contributed by atoms with Gasteiger partial charge in [0.15, 0.2) is 11.9 Å². The summed E-state index contributed by atoms with van der Waals surface area (Å²) < 4.78 is 32.6. The molecule has 0 saturated carbocycles. The molecular formula is C46H74NO12P. The van der Waals surface area contributed by atoms with E-state index >= 15 is 0 Å². The largest absolute Gasteiger partial charge is 0.480 e. The maximum atomic E-state index is 12.6. The van der Waals surface area contributed by atoms with Crippen LogP contribution >= 0.6 is 7.82 Å². The number of phosphoric acid groups is 1. The highest BCUT2D eigenvalue weighted by Gasteiger charge is 2.29. The maximum absolute atomic E-state index is 12.6. The lowest BCUT2D eigenvalue weighted by Gasteiger charge is -2.20. The minimum Gasteiger partial charge on any atom is -0.480 e. The van der Waals surface area contributed by atoms with Crippen molar-refractivity contribution in [2.45, 2.75) is 161 Å². The summed E-state index contributed by atoms with van der Waals surface area (Å²) in [6, 6.07) is -1.56. The van der Waals surface area contributed by atoms with Crippen molar-refractivity contribution in [2.24, 2.45) is 17.6 Å². The van der Waals surface area contributed by atoms with E-state index in [4.69, 9.17) is 24.8 Å². The molecule has 0 spiro atoms. The third kappa shape index (κ3) is 29.7. The Morgan fingerprint density at radius 3 is 2.00 bits per heavy atom. The molecule has 14 heteroatoms. The second kappa shape index (κ2) is 35.2. The summed E-state index contributed by atoms with van der Waals surface area (Å²) in [4.78, 5) is 58.5. The second-order valence-electron chi connectivity index (χ2n) is 15.1. The Hall–Kier alpha value is -3.45. The zero-order valence-electron chi connectivity index (χ0n) is 36.1. The summed E-state index contributed by atoms with van der Waals surface area (Å²) in [5.74, 6) is -2.93. The first-order chi connectivity index (χ1) is 28.9. The summed E-state index contributed by atoms with van der Waals surface area (Å²) in [6.45, 7) is 2.43. The molecule has 5 N–H and O–H groups in total. The van der Waals surface area contributed by atoms with Crippen molar-refractivity contribution in [1.82, 2.24) is 0 Å². The number of nitrogens with two attached hydrogens (primary N) is 1. The van der Waals surface area contributed by atoms with E-state index in [0.717, 1.165) is 38.5 Å². The van der Waals surface area contributed by atoms with Gasteiger partial charge in [-0.3, -0.25) is 28.2 Å². The smallest absolute Gasteiger partial charge is 0.472 e. The van der Waals surface area contributed by atoms with Crippen LogP contribution in [0.15, 0.2) is 72.9 Å². The number of unbranched alkanes of at least 4 members (excludes halogenated alkanes) is 10. The van der Waals surface area contributed by atoms with Crippen LogP contribution in [-0.2, 0) is 42.3 Å². The van der Waals surface area contributed by atoms with E-state index < -0.39 is 63.8 Å². The topological polar surface area (TPSA) is 209 Å². The molecule has 1 rings (SSSR count). The summed E-state index contributed by atoms with van der Waals surface area (Å²) in [5, 5.41) is 19.1. The third-order valence-corrected chi connectivity index (χ3v) is 10.6. The van der Waals surface area contributed by atoms with Crippen LogP contribution in [0.4, 0.5) is 0 Å². The number of aliphatic hydroxyl groups excluding tert-OH is 1. The highest BCUT2D eigenvalue weighted by Crippen LogP contribution is 2.43. The Bertz CT molecular complexity index is 1440. The van der Waals surface area contributed by atoms with Crippen molar-refractivity contribution < 1.29 is 57.4 Å². The summed E-state index contributed by atoms with van der Waals surface area (Å²) in [7, 11) is -4.78. The molecule has 6 atom stereocenters. The van der Waals surface area contributed by atoms with E-state index in [1.165, 1.54) is 38.5 Å². The number of aliphatic hydroxyl groups is 1. The van der Waals surface area contributed by atoms with Gasteiger partial charge >= 0.3 is 25.7 Å². The van der Waals surface area contributed by atoms with E-state index in [0.29, 0.717) is 38.5 Å². The first-order valence-corrected chi connectivity index (χ1v) is 23.5. The number of carbonyl (C=O) groups is 4. The number of phosphoric ester groups is 1. The highest BCUT2D eigenvalue weighted by molar-refractivity contribution is 7.47. The van der Waals surface area contributed by atoms with Gasteiger partial charge in [-0.25, -0.2) is 4.57 Å². The average molecular weight is 864 g/mol. The molecular weight excluding hydrogens is 789 g/mol. The molecule has 0 heterocycles. The summed E-state index contributed by atoms with van der Waals surface area (Å²) in [6.07, 6.45) is 39.0. The zero-order chi connectivity index (χ0) is 44.3. The fourth-order valence-electron chi connectivity index (χ4n) is 6.07. The molecule has 0 bridgehead atoms. The number of hydrogen-bond donors (Lipinski definition) is 4. The van der Waals surface area contributed by atoms with Gasteiger partial charge < -0.3 is 30.3 Å². The zero-order valence-corrected chi connectivity index (χ0v) is 37.0. The predicted octanol–water partition coefficient (Wildman–Crippen LogP) is 9.34. The number of carbonyl (C=O) groups excluding carboxylic acids is 3. The van der Waals surface area contributed by atoms with Crippen molar-refractivity contribution in [3.8, 4) is 0 Å². The fourth-order valence-corrected chi connectivity index (χ4v) is 6.85. The molecule has 1 aliphatic carbocycles. The number of allylic oxidation sites excluding steroid dienone is 11. The van der Waals surface area contributed by atoms with Crippen LogP contribution in [0, 0.1) is 11.8 Å². The number of carboxylic acids is 1. The lowest BCUT2D eigenvalue weighted by Crippen LogP contribution is -2.34. The van der Waals surface area contributed by atoms with E-state index in [1.54, 1.807) is 18.2 Å². The van der Waals surface area contributed by atoms with Gasteiger partial charge in [0.25, 0.3) is 0 Å². The van der Waals surface area contributed by atoms with Gasteiger partial charge in [-0.15, -0.1) is 0 Å². The minimum atomic E-state index is -4.78. The van der Waals surface area contributed by atoms with Gasteiger partial charge in [-0.1, -0.05) is 132 Å². The quantitative estimate of drug-likeness (QED) is 0.0199. The monoisotopic (exact) mass is 863 g/mol. The standard InChI is InChI=1S/C46H74NO12P/c1-3-5-7-8-9-10-11-12-13-14-15-16-17-18-19-20-26-30-45(51)59-40(36-57-60(54,55)58-37-42(47)46(52)53)35-56-44(50)29-25-22-21-24-27-38-31-34-43(49)41(38)33-32-39(48)28-23-6-4-2/h12-13,15-16,18-19,21,24,31-34,38-42,48H,3-11,14,17,20,22-23,25-30,35-37,47H2,1-2H3,(H,52,53)(H,54,55)/b13-12-,16-15-,19-18-,24-21-,33-32+/t38-,39-,40+,41+,42-/m0/s1. The number of ether oxygens (including phenoxy) is 2. The molecule has 0 aliphatic heterocycles. The fraction of sp³-hybridized carbons (Fsp3) is 0.652. The Kier molecular flexibility index (Phi) is 32.0. The molecule has 0 aromatic rings. The molecule has 340 valence electrons. The van der Waals surface area contributed by atoms with Crippen LogP contribution in [0.5, 0.6) is 0 Å². The molecule has 60 heavy (non-hydrogen) atoms. The molecule has 13 nitrogen and oxygen atoms in total. The lowest BCUT2D eigenvalue weighted by atomic mass is 9.90. The molecule has 0 aromatic carbocycles. The predicted molar refractivity (Wildman–Crippen MR) is 235 cm³/mol. The number of carboxylic acid groups (broad SMARTS) is 1. The van der Waals surface area contributed by atoms with Gasteiger partial charge in [0.05, 0.1) is 19.3 Å². The van der Waals surface area contributed by atoms with E-state index in [2.05, 4.69) is 42.7 Å². The number of rotatable bonds is 37. The van der Waals surface area contributed by atoms with Gasteiger partial charge in [0.2, 0.25) is 0 Å². The van der Waals surface area contributed by atoms with Gasteiger partial charge in [0, 0.05) is 18.8 Å². The average Bonchev–Trinajstić information content (AvgIpc) is 3.57. The summed E-state index contributed by atoms with van der Waals surface area (Å²) >= 11 is 0. The molecule has 1 unspecified atom stereocenters. The normalized spacial score (nSPS) is 18.3. The van der Waals surface area contributed by atoms with Crippen LogP contribution in [-0.4, -0.2) is 76.9 Å². The van der Waals surface area contributed by atoms with Crippen molar-refractivity contribution in [1.29, 1.82) is 0 Å². The molecule has 1 aliphatic rings. The Balaban J connectivity index is 2.50. The highest BCUT2D eigenvalue weighted by atomic mass is 31.2. The van der Waals surface area contributed by atoms with E-state index in [1.807, 2.05) is 30.4 Å². The number of ketones is 1. The molecule has 0 fully saturated rings. The number of esters is 2. The Morgan fingerprint density at radius 2 is 1.33 bits per heavy atom. The Labute approximate surface area is 358 Å². The van der Waals surface area contributed by atoms with Crippen LogP contribution in [0.2, 0.25) is 0 Å². The van der Waals surface area contributed by atoms with Crippen molar-refractivity contribution in [3.63, 3.8) is 0 Å². The first-order valence-electron chi connectivity index (χ1n) is 22.0. The Morgan fingerprint density at radius 1 is 0.767 bits per heavy atom. The van der Waals surface area contributed by atoms with Crippen LogP contribution < -0.4 is 5.73 Å². The van der Waals surface area contributed by atoms with E-state index in [9.17, 15) is 33.7 Å². The van der Waals surface area contributed by atoms with Gasteiger partial charge in [-0.05, 0) is 76.2 Å². The third-order valence-electron chi connectivity index (χ3n) is 9.67. The SMILES string of the molecule is CCCCCCCC/C=C\C/C=C\C/C=C\CCCC(=O)O[C@H](COC(=O)CCC/C=C\C[C@H]1C=CC(=O)[C@@H]1/C=C/[C@@H](O)CCCCC)COP(=O)(O)OC[C@H](N)C(=O)O. The second-order valence-corrected chi connectivity index (χ2v) is 16.6. The summed E-state index contributed by atoms with van der Waals surface area (Å²) in [5.41, 5.74) is 5.33. The number of hydrogen-bond acceptors (Lipinski definition) is 11.